The van der Waals surface area contributed by atoms with Gasteiger partial charge in [0.05, 0.1) is 24.9 Å². The molecule has 4 heteroatoms. The Morgan fingerprint density at radius 2 is 1.74 bits per heavy atom. The molecule has 4 N–H and O–H groups in total. The number of rotatable bonds is 6. The van der Waals surface area contributed by atoms with Crippen LogP contribution in [0.15, 0.2) is 35.5 Å². The maximum atomic E-state index is 9.91. The molecule has 3 saturated carbocycles. The van der Waals surface area contributed by atoms with Crippen molar-refractivity contribution in [1.82, 2.24) is 0 Å². The van der Waals surface area contributed by atoms with E-state index >= 15 is 0 Å². The zero-order chi connectivity index (χ0) is 22.9. The van der Waals surface area contributed by atoms with Crippen LogP contribution in [-0.2, 0) is 0 Å². The molecule has 3 fully saturated rings. The van der Waals surface area contributed by atoms with Gasteiger partial charge in [0.1, 0.15) is 0 Å². The predicted octanol–water partition coefficient (Wildman–Crippen LogP) is 5.07. The molecule has 4 unspecified atom stereocenters. The zero-order valence-corrected chi connectivity index (χ0v) is 20.0. The van der Waals surface area contributed by atoms with E-state index in [4.69, 9.17) is 10.2 Å². The van der Waals surface area contributed by atoms with Crippen LogP contribution in [0, 0.1) is 17.3 Å². The van der Waals surface area contributed by atoms with Gasteiger partial charge in [0.2, 0.25) is 0 Å². The summed E-state index contributed by atoms with van der Waals surface area (Å²) in [5.74, 6) is 1.51. The highest BCUT2D eigenvalue weighted by molar-refractivity contribution is 5.25. The summed E-state index contributed by atoms with van der Waals surface area (Å²) in [6.45, 7) is 6.04. The van der Waals surface area contributed by atoms with E-state index in [0.29, 0.717) is 5.41 Å². The van der Waals surface area contributed by atoms with Crippen LogP contribution in [0.1, 0.15) is 91.4 Å². The van der Waals surface area contributed by atoms with Crippen LogP contribution >= 0.6 is 0 Å². The summed E-state index contributed by atoms with van der Waals surface area (Å²) in [5, 5.41) is 35.0. The van der Waals surface area contributed by atoms with Gasteiger partial charge in [-0.05, 0) is 102 Å². The highest BCUT2D eigenvalue weighted by Gasteiger charge is 2.48. The third kappa shape index (κ3) is 8.16. The van der Waals surface area contributed by atoms with Gasteiger partial charge in [-0.1, -0.05) is 42.4 Å². The van der Waals surface area contributed by atoms with Gasteiger partial charge in [-0.15, -0.1) is 0 Å². The molecule has 0 spiro atoms. The first-order chi connectivity index (χ1) is 14.7. The van der Waals surface area contributed by atoms with Crippen molar-refractivity contribution in [2.75, 3.05) is 13.2 Å². The normalized spacial score (nSPS) is 34.1. The van der Waals surface area contributed by atoms with Crippen molar-refractivity contribution in [3.05, 3.63) is 35.5 Å². The van der Waals surface area contributed by atoms with Crippen molar-refractivity contribution in [2.24, 2.45) is 17.3 Å². The third-order valence-electron chi connectivity index (χ3n) is 7.53. The second kappa shape index (κ2) is 12.3. The Balaban J connectivity index is 0.000000785. The molecule has 3 aliphatic rings. The van der Waals surface area contributed by atoms with E-state index in [1.54, 1.807) is 5.57 Å². The summed E-state index contributed by atoms with van der Waals surface area (Å²) in [5.41, 5.74) is 2.95. The van der Waals surface area contributed by atoms with E-state index < -0.39 is 5.60 Å². The average molecular weight is 435 g/mol. The Hall–Kier alpha value is -0.940. The quantitative estimate of drug-likeness (QED) is 0.440. The molecule has 0 aromatic carbocycles. The summed E-state index contributed by atoms with van der Waals surface area (Å²) >= 11 is 0. The fraction of sp³-hybridized carbons (Fsp3) is 0.778. The van der Waals surface area contributed by atoms with Crippen molar-refractivity contribution < 1.29 is 20.4 Å². The molecular formula is C27H46O4. The molecule has 3 rings (SSSR count). The summed E-state index contributed by atoms with van der Waals surface area (Å²) in [4.78, 5) is 0. The molecule has 0 saturated heterocycles. The van der Waals surface area contributed by atoms with Crippen LogP contribution in [-0.4, -0.2) is 45.3 Å². The van der Waals surface area contributed by atoms with Crippen molar-refractivity contribution in [3.63, 3.8) is 0 Å². The maximum Gasteiger partial charge on any atom is 0.0662 e. The van der Waals surface area contributed by atoms with Gasteiger partial charge in [-0.25, -0.2) is 0 Å². The Morgan fingerprint density at radius 1 is 1.00 bits per heavy atom. The minimum absolute atomic E-state index is 0.119. The minimum Gasteiger partial charge on any atom is -0.394 e. The summed E-state index contributed by atoms with van der Waals surface area (Å²) in [6.07, 6.45) is 21.8. The molecule has 4 atom stereocenters. The SMILES string of the molecule is CC(C)(O)C/C=C/CC1CCC2/C(=C/C=C3/CCCC(O)C3)CCCC12C.OCCO. The minimum atomic E-state index is -0.598. The van der Waals surface area contributed by atoms with Crippen molar-refractivity contribution in [3.8, 4) is 0 Å². The largest absolute Gasteiger partial charge is 0.394 e. The standard InChI is InChI=1S/C25H40O2.C2H6O2/c1-24(2,27)16-5-4-10-21-14-15-23-20(9-7-17-25(21,23)3)13-12-19-8-6-11-22(26)18-19;3-1-2-4/h4-5,12-13,21-23,26-27H,6-11,14-18H2,1-3H3;3-4H,1-2H2/b5-4+,19-12-,20-13+;. The first-order valence-corrected chi connectivity index (χ1v) is 12.3. The van der Waals surface area contributed by atoms with Gasteiger partial charge < -0.3 is 20.4 Å². The number of hydrogen-bond acceptors (Lipinski definition) is 4. The Bertz CT molecular complexity index is 626. The summed E-state index contributed by atoms with van der Waals surface area (Å²) < 4.78 is 0. The summed E-state index contributed by atoms with van der Waals surface area (Å²) in [6, 6.07) is 0. The number of aliphatic hydroxyl groups is 4. The van der Waals surface area contributed by atoms with Gasteiger partial charge in [-0.3, -0.25) is 0 Å². The fourth-order valence-corrected chi connectivity index (χ4v) is 5.81. The van der Waals surface area contributed by atoms with E-state index in [9.17, 15) is 10.2 Å². The van der Waals surface area contributed by atoms with Crippen molar-refractivity contribution >= 4 is 0 Å². The van der Waals surface area contributed by atoms with Crippen LogP contribution in [0.5, 0.6) is 0 Å². The molecule has 0 amide bonds. The third-order valence-corrected chi connectivity index (χ3v) is 7.53. The van der Waals surface area contributed by atoms with Crippen LogP contribution < -0.4 is 0 Å². The van der Waals surface area contributed by atoms with Crippen molar-refractivity contribution in [1.29, 1.82) is 0 Å². The molecule has 0 heterocycles. The second-order valence-corrected chi connectivity index (χ2v) is 10.7. The lowest BCUT2D eigenvalue weighted by Crippen LogP contribution is -2.33. The molecule has 0 bridgehead atoms. The molecule has 0 radical (unpaired) electrons. The molecule has 178 valence electrons. The molecular weight excluding hydrogens is 388 g/mol. The monoisotopic (exact) mass is 434 g/mol. The van der Waals surface area contributed by atoms with Crippen LogP contribution in [0.4, 0.5) is 0 Å². The lowest BCUT2D eigenvalue weighted by atomic mass is 9.63. The average Bonchev–Trinajstić information content (AvgIpc) is 3.06. The number of fused-ring (bicyclic) bond motifs is 1. The molecule has 31 heavy (non-hydrogen) atoms. The topological polar surface area (TPSA) is 80.9 Å². The van der Waals surface area contributed by atoms with Gasteiger partial charge in [0.15, 0.2) is 0 Å². The van der Waals surface area contributed by atoms with E-state index in [1.807, 2.05) is 13.8 Å². The first-order valence-electron chi connectivity index (χ1n) is 12.3. The van der Waals surface area contributed by atoms with Crippen LogP contribution in [0.25, 0.3) is 0 Å². The summed E-state index contributed by atoms with van der Waals surface area (Å²) in [7, 11) is 0. The van der Waals surface area contributed by atoms with Gasteiger partial charge in [-0.2, -0.15) is 0 Å². The maximum absolute atomic E-state index is 9.91. The van der Waals surface area contributed by atoms with E-state index in [0.717, 1.165) is 50.4 Å². The number of allylic oxidation sites excluding steroid dienone is 4. The Kier molecular flexibility index (Phi) is 10.5. The highest BCUT2D eigenvalue weighted by Crippen LogP contribution is 2.58. The second-order valence-electron chi connectivity index (χ2n) is 10.7. The molecule has 0 aromatic rings. The van der Waals surface area contributed by atoms with Crippen molar-refractivity contribution in [2.45, 2.75) is 103 Å². The molecule has 0 aliphatic heterocycles. The zero-order valence-electron chi connectivity index (χ0n) is 20.0. The fourth-order valence-electron chi connectivity index (χ4n) is 5.81. The highest BCUT2D eigenvalue weighted by atomic mass is 16.3. The number of aliphatic hydroxyl groups excluding tert-OH is 3. The lowest BCUT2D eigenvalue weighted by Gasteiger charge is -2.42. The van der Waals surface area contributed by atoms with Gasteiger partial charge in [0.25, 0.3) is 0 Å². The smallest absolute Gasteiger partial charge is 0.0662 e. The first kappa shape index (κ1) is 26.3. The molecule has 0 aromatic heterocycles. The Labute approximate surface area is 189 Å². The molecule has 4 nitrogen and oxygen atoms in total. The van der Waals surface area contributed by atoms with Crippen LogP contribution in [0.2, 0.25) is 0 Å². The van der Waals surface area contributed by atoms with Gasteiger partial charge >= 0.3 is 0 Å². The van der Waals surface area contributed by atoms with E-state index in [2.05, 4.69) is 31.2 Å². The van der Waals surface area contributed by atoms with Crippen LogP contribution in [0.3, 0.4) is 0 Å². The molecule has 3 aliphatic carbocycles. The van der Waals surface area contributed by atoms with Gasteiger partial charge in [0, 0.05) is 0 Å². The van der Waals surface area contributed by atoms with E-state index in [-0.39, 0.29) is 19.3 Å². The Morgan fingerprint density at radius 3 is 2.39 bits per heavy atom. The predicted molar refractivity (Wildman–Crippen MR) is 128 cm³/mol. The lowest BCUT2D eigenvalue weighted by molar-refractivity contribution is 0.0837. The van der Waals surface area contributed by atoms with E-state index in [1.165, 1.54) is 37.7 Å². The number of hydrogen-bond donors (Lipinski definition) is 4.